The molecule has 0 bridgehead atoms. The number of nitrogen functional groups attached to an aromatic ring is 1. The maximum atomic E-state index is 13.3. The highest BCUT2D eigenvalue weighted by Gasteiger charge is 2.34. The quantitative estimate of drug-likeness (QED) is 0.512. The SMILES string of the molecule is Cc1nc2cnc3ccc(-c4cnc(N)c(C(F)(F)F)c4)nc3c2n1C1CCOCC1. The second-order valence-corrected chi connectivity index (χ2v) is 7.58. The molecule has 1 fully saturated rings. The molecule has 5 heterocycles. The van der Waals surface area contributed by atoms with E-state index >= 15 is 0 Å². The van der Waals surface area contributed by atoms with Crippen LogP contribution in [0.4, 0.5) is 19.0 Å². The van der Waals surface area contributed by atoms with Gasteiger partial charge in [0.15, 0.2) is 0 Å². The van der Waals surface area contributed by atoms with Crippen molar-refractivity contribution in [2.75, 3.05) is 18.9 Å². The number of imidazole rings is 1. The summed E-state index contributed by atoms with van der Waals surface area (Å²) in [6.45, 7) is 3.27. The first-order valence-electron chi connectivity index (χ1n) is 9.88. The molecular formula is C21H19F3N6O. The van der Waals surface area contributed by atoms with Crippen LogP contribution in [0.3, 0.4) is 0 Å². The largest absolute Gasteiger partial charge is 0.419 e. The Hall–Kier alpha value is -3.27. The number of rotatable bonds is 2. The smallest absolute Gasteiger partial charge is 0.383 e. The first-order chi connectivity index (χ1) is 14.8. The lowest BCUT2D eigenvalue weighted by atomic mass is 10.1. The number of alkyl halides is 3. The van der Waals surface area contributed by atoms with Gasteiger partial charge in [-0.3, -0.25) is 4.98 Å². The molecule has 4 aromatic heterocycles. The monoisotopic (exact) mass is 428 g/mol. The fraction of sp³-hybridized carbons (Fsp3) is 0.333. The molecule has 0 aromatic carbocycles. The topological polar surface area (TPSA) is 91.7 Å². The van der Waals surface area contributed by atoms with Crippen LogP contribution in [0, 0.1) is 6.92 Å². The van der Waals surface area contributed by atoms with Gasteiger partial charge in [-0.15, -0.1) is 0 Å². The van der Waals surface area contributed by atoms with E-state index in [-0.39, 0.29) is 11.6 Å². The first-order valence-corrected chi connectivity index (χ1v) is 9.88. The van der Waals surface area contributed by atoms with Gasteiger partial charge in [0, 0.05) is 31.0 Å². The molecule has 7 nitrogen and oxygen atoms in total. The summed E-state index contributed by atoms with van der Waals surface area (Å²) >= 11 is 0. The Morgan fingerprint density at radius 1 is 1.06 bits per heavy atom. The fourth-order valence-corrected chi connectivity index (χ4v) is 4.15. The molecule has 1 aliphatic rings. The van der Waals surface area contributed by atoms with Crippen LogP contribution < -0.4 is 5.73 Å². The molecule has 0 atom stereocenters. The number of aromatic nitrogens is 5. The Labute approximate surface area is 175 Å². The van der Waals surface area contributed by atoms with Gasteiger partial charge in [0.05, 0.1) is 28.5 Å². The van der Waals surface area contributed by atoms with Crippen molar-refractivity contribution in [3.05, 3.63) is 42.0 Å². The molecule has 10 heteroatoms. The van der Waals surface area contributed by atoms with Gasteiger partial charge in [-0.1, -0.05) is 0 Å². The van der Waals surface area contributed by atoms with Crippen LogP contribution in [-0.4, -0.2) is 37.7 Å². The van der Waals surface area contributed by atoms with E-state index in [1.165, 1.54) is 6.20 Å². The Morgan fingerprint density at radius 2 is 1.84 bits per heavy atom. The van der Waals surface area contributed by atoms with Crippen LogP contribution in [0.2, 0.25) is 0 Å². The third-order valence-corrected chi connectivity index (χ3v) is 5.61. The number of nitrogens with two attached hydrogens (primary N) is 1. The van der Waals surface area contributed by atoms with Gasteiger partial charge in [-0.05, 0) is 38.0 Å². The first kappa shape index (κ1) is 19.7. The van der Waals surface area contributed by atoms with E-state index in [0.717, 1.165) is 30.2 Å². The van der Waals surface area contributed by atoms with Gasteiger partial charge in [0.25, 0.3) is 0 Å². The third-order valence-electron chi connectivity index (χ3n) is 5.61. The van der Waals surface area contributed by atoms with Gasteiger partial charge in [0.1, 0.15) is 22.7 Å². The van der Waals surface area contributed by atoms with Gasteiger partial charge in [-0.25, -0.2) is 15.0 Å². The number of nitrogens with zero attached hydrogens (tertiary/aromatic N) is 5. The molecule has 4 aromatic rings. The number of hydrogen-bond donors (Lipinski definition) is 1. The van der Waals surface area contributed by atoms with Crippen LogP contribution >= 0.6 is 0 Å². The average molecular weight is 428 g/mol. The van der Waals surface area contributed by atoms with Gasteiger partial charge in [-0.2, -0.15) is 13.2 Å². The lowest BCUT2D eigenvalue weighted by Crippen LogP contribution is -2.20. The summed E-state index contributed by atoms with van der Waals surface area (Å²) in [7, 11) is 0. The minimum Gasteiger partial charge on any atom is -0.383 e. The number of hydrogen-bond acceptors (Lipinski definition) is 6. The van der Waals surface area contributed by atoms with E-state index in [2.05, 4.69) is 19.5 Å². The molecule has 2 N–H and O–H groups in total. The maximum absolute atomic E-state index is 13.3. The maximum Gasteiger partial charge on any atom is 0.419 e. The zero-order valence-corrected chi connectivity index (χ0v) is 16.6. The third kappa shape index (κ3) is 3.36. The van der Waals surface area contributed by atoms with Crippen molar-refractivity contribution in [3.8, 4) is 11.3 Å². The van der Waals surface area contributed by atoms with Crippen LogP contribution in [0.25, 0.3) is 33.3 Å². The van der Waals surface area contributed by atoms with E-state index in [1.54, 1.807) is 18.3 Å². The summed E-state index contributed by atoms with van der Waals surface area (Å²) in [5.41, 5.74) is 7.81. The lowest BCUT2D eigenvalue weighted by molar-refractivity contribution is -0.137. The van der Waals surface area contributed by atoms with Crippen molar-refractivity contribution in [1.82, 2.24) is 24.5 Å². The highest BCUT2D eigenvalue weighted by molar-refractivity contribution is 6.00. The molecule has 1 saturated heterocycles. The van der Waals surface area contributed by atoms with Crippen LogP contribution in [-0.2, 0) is 10.9 Å². The second-order valence-electron chi connectivity index (χ2n) is 7.58. The number of halogens is 3. The minimum absolute atomic E-state index is 0.213. The van der Waals surface area contributed by atoms with Crippen LogP contribution in [0.5, 0.6) is 0 Å². The van der Waals surface area contributed by atoms with Crippen molar-refractivity contribution in [2.24, 2.45) is 0 Å². The zero-order valence-electron chi connectivity index (χ0n) is 16.6. The summed E-state index contributed by atoms with van der Waals surface area (Å²) in [6.07, 6.45) is 0.110. The number of fused-ring (bicyclic) bond motifs is 3. The normalized spacial score (nSPS) is 15.7. The number of anilines is 1. The molecule has 0 spiro atoms. The van der Waals surface area contributed by atoms with Crippen LogP contribution in [0.15, 0.2) is 30.6 Å². The molecule has 0 unspecified atom stereocenters. The van der Waals surface area contributed by atoms with E-state index in [0.29, 0.717) is 35.5 Å². The molecule has 0 saturated carbocycles. The molecule has 1 aliphatic heterocycles. The number of pyridine rings is 3. The lowest BCUT2D eigenvalue weighted by Gasteiger charge is -2.25. The van der Waals surface area contributed by atoms with Gasteiger partial charge >= 0.3 is 6.18 Å². The molecule has 0 aliphatic carbocycles. The van der Waals surface area contributed by atoms with Gasteiger partial charge in [0.2, 0.25) is 0 Å². The second kappa shape index (κ2) is 7.16. The summed E-state index contributed by atoms with van der Waals surface area (Å²) in [5, 5.41) is 0. The highest BCUT2D eigenvalue weighted by atomic mass is 19.4. The molecule has 0 radical (unpaired) electrons. The standard InChI is InChI=1S/C21H19F3N6O/c1-11-28-17-10-26-16-3-2-15(12-8-14(21(22,23)24)20(25)27-9-12)29-18(16)19(17)30(11)13-4-6-31-7-5-13/h2-3,8-10,13H,4-7H2,1H3,(H2,25,27). The Balaban J connectivity index is 1.72. The summed E-state index contributed by atoms with van der Waals surface area (Å²) in [6, 6.07) is 4.57. The molecule has 160 valence electrons. The van der Waals surface area contributed by atoms with E-state index in [4.69, 9.17) is 15.5 Å². The summed E-state index contributed by atoms with van der Waals surface area (Å²) in [5.74, 6) is 0.284. The predicted octanol–water partition coefficient (Wildman–Crippen LogP) is 4.30. The van der Waals surface area contributed by atoms with Crippen molar-refractivity contribution < 1.29 is 17.9 Å². The summed E-state index contributed by atoms with van der Waals surface area (Å²) < 4.78 is 47.5. The Morgan fingerprint density at radius 3 is 2.58 bits per heavy atom. The molecular weight excluding hydrogens is 409 g/mol. The molecule has 5 rings (SSSR count). The van der Waals surface area contributed by atoms with Gasteiger partial charge < -0.3 is 15.0 Å². The number of ether oxygens (including phenoxy) is 1. The predicted molar refractivity (Wildman–Crippen MR) is 109 cm³/mol. The van der Waals surface area contributed by atoms with E-state index in [1.807, 2.05) is 6.92 Å². The molecule has 31 heavy (non-hydrogen) atoms. The van der Waals surface area contributed by atoms with E-state index in [9.17, 15) is 13.2 Å². The Bertz CT molecular complexity index is 1290. The average Bonchev–Trinajstić information content (AvgIpc) is 3.10. The van der Waals surface area contributed by atoms with Crippen molar-refractivity contribution in [3.63, 3.8) is 0 Å². The molecule has 0 amide bonds. The highest BCUT2D eigenvalue weighted by Crippen LogP contribution is 2.36. The van der Waals surface area contributed by atoms with Crippen molar-refractivity contribution >= 4 is 27.9 Å². The Kier molecular flexibility index (Phi) is 4.54. The zero-order chi connectivity index (χ0) is 21.8. The van der Waals surface area contributed by atoms with Crippen molar-refractivity contribution in [2.45, 2.75) is 32.0 Å². The van der Waals surface area contributed by atoms with Crippen molar-refractivity contribution in [1.29, 1.82) is 0 Å². The fourth-order valence-electron chi connectivity index (χ4n) is 4.15. The van der Waals surface area contributed by atoms with E-state index < -0.39 is 17.6 Å². The number of aryl methyl sites for hydroxylation is 1. The van der Waals surface area contributed by atoms with Crippen LogP contribution in [0.1, 0.15) is 30.3 Å². The minimum atomic E-state index is -4.60. The summed E-state index contributed by atoms with van der Waals surface area (Å²) in [4.78, 5) is 17.5.